The molecule has 0 bridgehead atoms. The van der Waals surface area contributed by atoms with Crippen molar-refractivity contribution in [1.82, 2.24) is 14.6 Å². The Kier molecular flexibility index (Phi) is 5.07. The lowest BCUT2D eigenvalue weighted by molar-refractivity contribution is 0.126. The predicted molar refractivity (Wildman–Crippen MR) is 117 cm³/mol. The highest BCUT2D eigenvalue weighted by Gasteiger charge is 2.19. The Balaban J connectivity index is 1.36. The van der Waals surface area contributed by atoms with Crippen molar-refractivity contribution >= 4 is 11.5 Å². The summed E-state index contributed by atoms with van der Waals surface area (Å²) in [7, 11) is 0. The molecule has 4 aromatic rings. The van der Waals surface area contributed by atoms with Gasteiger partial charge in [-0.05, 0) is 74.2 Å². The molecule has 6 heteroatoms. The second-order valence-electron chi connectivity index (χ2n) is 7.72. The molecule has 1 saturated carbocycles. The van der Waals surface area contributed by atoms with Crippen LogP contribution in [0.3, 0.4) is 0 Å². The zero-order chi connectivity index (χ0) is 20.3. The molecule has 6 nitrogen and oxygen atoms in total. The molecule has 0 unspecified atom stereocenters. The van der Waals surface area contributed by atoms with Gasteiger partial charge in [0.1, 0.15) is 17.3 Å². The van der Waals surface area contributed by atoms with Crippen molar-refractivity contribution in [2.24, 2.45) is 0 Å². The molecule has 0 radical (unpaired) electrons. The minimum absolute atomic E-state index is 0.160. The fourth-order valence-electron chi connectivity index (χ4n) is 3.89. The van der Waals surface area contributed by atoms with E-state index >= 15 is 0 Å². The molecule has 0 spiro atoms. The van der Waals surface area contributed by atoms with E-state index in [0.29, 0.717) is 6.04 Å². The summed E-state index contributed by atoms with van der Waals surface area (Å²) in [4.78, 5) is 4.49. The van der Waals surface area contributed by atoms with E-state index in [1.165, 1.54) is 0 Å². The Bertz CT molecular complexity index is 1120. The summed E-state index contributed by atoms with van der Waals surface area (Å²) in [5.74, 6) is 2.42. The molecule has 0 atom stereocenters. The predicted octanol–water partition coefficient (Wildman–Crippen LogP) is 4.90. The van der Waals surface area contributed by atoms with Crippen LogP contribution < -0.4 is 10.1 Å². The summed E-state index contributed by atoms with van der Waals surface area (Å²) < 4.78 is 7.75. The summed E-state index contributed by atoms with van der Waals surface area (Å²) in [6, 6.07) is 22.0. The first kappa shape index (κ1) is 18.6. The van der Waals surface area contributed by atoms with Gasteiger partial charge < -0.3 is 15.2 Å². The van der Waals surface area contributed by atoms with E-state index in [2.05, 4.69) is 10.3 Å². The standard InChI is InChI=1S/C24H24N4O2/c29-19-10-8-18(9-11-19)26-23-14-15-24-25-16-22(28(24)27-23)17-6-12-21(13-7-17)30-20-4-2-1-3-5-20/h1-7,12-16,18-19,29H,8-11H2,(H,26,27)/t18-,19-. The van der Waals surface area contributed by atoms with Crippen LogP contribution in [0.1, 0.15) is 25.7 Å². The second-order valence-corrected chi connectivity index (χ2v) is 7.72. The minimum Gasteiger partial charge on any atom is -0.457 e. The van der Waals surface area contributed by atoms with E-state index in [4.69, 9.17) is 9.84 Å². The molecule has 2 aromatic heterocycles. The molecule has 30 heavy (non-hydrogen) atoms. The van der Waals surface area contributed by atoms with Gasteiger partial charge in [-0.1, -0.05) is 18.2 Å². The third kappa shape index (κ3) is 4.00. The van der Waals surface area contributed by atoms with Gasteiger partial charge >= 0.3 is 0 Å². The number of aromatic nitrogens is 3. The molecular weight excluding hydrogens is 376 g/mol. The van der Waals surface area contributed by atoms with Crippen LogP contribution in [-0.2, 0) is 0 Å². The van der Waals surface area contributed by atoms with Crippen molar-refractivity contribution in [3.8, 4) is 22.8 Å². The molecule has 1 aliphatic rings. The molecule has 1 fully saturated rings. The first-order valence-electron chi connectivity index (χ1n) is 10.4. The molecule has 1 aliphatic carbocycles. The number of hydrogen-bond donors (Lipinski definition) is 2. The van der Waals surface area contributed by atoms with Gasteiger partial charge in [0.2, 0.25) is 0 Å². The lowest BCUT2D eigenvalue weighted by atomic mass is 9.93. The maximum Gasteiger partial charge on any atom is 0.154 e. The highest BCUT2D eigenvalue weighted by molar-refractivity contribution is 5.64. The molecule has 0 aliphatic heterocycles. The summed E-state index contributed by atoms with van der Waals surface area (Å²) in [5.41, 5.74) is 2.76. The Morgan fingerprint density at radius 1 is 0.867 bits per heavy atom. The largest absolute Gasteiger partial charge is 0.457 e. The van der Waals surface area contributed by atoms with E-state index < -0.39 is 0 Å². The number of imidazole rings is 1. The normalized spacial score (nSPS) is 19.0. The second kappa shape index (κ2) is 8.16. The average molecular weight is 400 g/mol. The molecule has 0 saturated heterocycles. The Morgan fingerprint density at radius 2 is 1.60 bits per heavy atom. The van der Waals surface area contributed by atoms with Crippen LogP contribution in [0.25, 0.3) is 16.9 Å². The first-order valence-corrected chi connectivity index (χ1v) is 10.4. The fourth-order valence-corrected chi connectivity index (χ4v) is 3.89. The monoisotopic (exact) mass is 400 g/mol. The summed E-state index contributed by atoms with van der Waals surface area (Å²) in [6.45, 7) is 0. The van der Waals surface area contributed by atoms with Crippen molar-refractivity contribution < 1.29 is 9.84 Å². The SMILES string of the molecule is O[C@H]1CC[C@H](Nc2ccc3ncc(-c4ccc(Oc5ccccc5)cc4)n3n2)CC1. The van der Waals surface area contributed by atoms with Crippen molar-refractivity contribution in [1.29, 1.82) is 0 Å². The van der Waals surface area contributed by atoms with Crippen LogP contribution in [0.2, 0.25) is 0 Å². The van der Waals surface area contributed by atoms with E-state index in [-0.39, 0.29) is 6.10 Å². The van der Waals surface area contributed by atoms with E-state index in [1.807, 2.05) is 77.4 Å². The maximum atomic E-state index is 9.71. The zero-order valence-electron chi connectivity index (χ0n) is 16.6. The van der Waals surface area contributed by atoms with Gasteiger partial charge in [-0.25, -0.2) is 9.50 Å². The molecular formula is C24H24N4O2. The van der Waals surface area contributed by atoms with Crippen LogP contribution in [0.4, 0.5) is 5.82 Å². The van der Waals surface area contributed by atoms with Crippen molar-refractivity contribution in [2.75, 3.05) is 5.32 Å². The smallest absolute Gasteiger partial charge is 0.154 e. The molecule has 5 rings (SSSR count). The van der Waals surface area contributed by atoms with E-state index in [1.54, 1.807) is 0 Å². The number of aliphatic hydroxyl groups is 1. The maximum absolute atomic E-state index is 9.71. The quantitative estimate of drug-likeness (QED) is 0.498. The molecule has 0 amide bonds. The van der Waals surface area contributed by atoms with E-state index in [9.17, 15) is 5.11 Å². The lowest BCUT2D eigenvalue weighted by Crippen LogP contribution is -2.28. The molecule has 2 heterocycles. The number of hydrogen-bond acceptors (Lipinski definition) is 5. The molecule has 152 valence electrons. The van der Waals surface area contributed by atoms with Gasteiger partial charge in [0.25, 0.3) is 0 Å². The van der Waals surface area contributed by atoms with Crippen LogP contribution in [-0.4, -0.2) is 31.9 Å². The number of nitrogens with zero attached hydrogens (tertiary/aromatic N) is 3. The van der Waals surface area contributed by atoms with Gasteiger partial charge in [-0.3, -0.25) is 0 Å². The Labute approximate surface area is 175 Å². The molecule has 2 aromatic carbocycles. The van der Waals surface area contributed by atoms with Gasteiger partial charge in [0.05, 0.1) is 18.0 Å². The van der Waals surface area contributed by atoms with Crippen LogP contribution >= 0.6 is 0 Å². The number of ether oxygens (including phenoxy) is 1. The average Bonchev–Trinajstić information content (AvgIpc) is 3.20. The number of fused-ring (bicyclic) bond motifs is 1. The first-order chi connectivity index (χ1) is 14.7. The number of nitrogens with one attached hydrogen (secondary N) is 1. The van der Waals surface area contributed by atoms with Crippen LogP contribution in [0.5, 0.6) is 11.5 Å². The molecule has 2 N–H and O–H groups in total. The Morgan fingerprint density at radius 3 is 2.37 bits per heavy atom. The third-order valence-electron chi connectivity index (χ3n) is 5.54. The number of aliphatic hydroxyl groups excluding tert-OH is 1. The van der Waals surface area contributed by atoms with Gasteiger partial charge in [-0.15, -0.1) is 5.10 Å². The van der Waals surface area contributed by atoms with Crippen LogP contribution in [0, 0.1) is 0 Å². The Hall–Kier alpha value is -3.38. The number of rotatable bonds is 5. The van der Waals surface area contributed by atoms with Gasteiger partial charge in [0.15, 0.2) is 5.65 Å². The topological polar surface area (TPSA) is 71.7 Å². The van der Waals surface area contributed by atoms with E-state index in [0.717, 1.165) is 59.9 Å². The van der Waals surface area contributed by atoms with Crippen LogP contribution in [0.15, 0.2) is 72.9 Å². The van der Waals surface area contributed by atoms with Gasteiger partial charge in [0, 0.05) is 11.6 Å². The lowest BCUT2D eigenvalue weighted by Gasteiger charge is -2.26. The highest BCUT2D eigenvalue weighted by Crippen LogP contribution is 2.27. The minimum atomic E-state index is -0.160. The number of anilines is 1. The van der Waals surface area contributed by atoms with Crippen molar-refractivity contribution in [2.45, 2.75) is 37.8 Å². The number of benzene rings is 2. The van der Waals surface area contributed by atoms with Crippen molar-refractivity contribution in [3.63, 3.8) is 0 Å². The third-order valence-corrected chi connectivity index (χ3v) is 5.54. The fraction of sp³-hybridized carbons (Fsp3) is 0.250. The highest BCUT2D eigenvalue weighted by atomic mass is 16.5. The zero-order valence-corrected chi connectivity index (χ0v) is 16.6. The summed E-state index contributed by atoms with van der Waals surface area (Å²) in [5, 5.41) is 18.0. The van der Waals surface area contributed by atoms with Crippen molar-refractivity contribution in [3.05, 3.63) is 72.9 Å². The van der Waals surface area contributed by atoms with Gasteiger partial charge in [-0.2, -0.15) is 0 Å². The summed E-state index contributed by atoms with van der Waals surface area (Å²) in [6.07, 6.45) is 5.28. The number of para-hydroxylation sites is 1. The summed E-state index contributed by atoms with van der Waals surface area (Å²) >= 11 is 0.